The molecule has 0 saturated carbocycles. The van der Waals surface area contributed by atoms with Gasteiger partial charge in [-0.2, -0.15) is 4.98 Å². The van der Waals surface area contributed by atoms with Crippen molar-refractivity contribution in [3.8, 4) is 5.88 Å². The van der Waals surface area contributed by atoms with E-state index >= 15 is 0 Å². The first-order valence-electron chi connectivity index (χ1n) is 11.5. The second-order valence-corrected chi connectivity index (χ2v) is 9.25. The van der Waals surface area contributed by atoms with Crippen LogP contribution in [0.3, 0.4) is 0 Å². The molecule has 2 aliphatic rings. The summed E-state index contributed by atoms with van der Waals surface area (Å²) in [6, 6.07) is 4.78. The Labute approximate surface area is 184 Å². The molecule has 2 fully saturated rings. The van der Waals surface area contributed by atoms with E-state index in [0.717, 1.165) is 63.5 Å². The van der Waals surface area contributed by atoms with Gasteiger partial charge in [-0.15, -0.1) is 10.2 Å². The van der Waals surface area contributed by atoms with Crippen molar-refractivity contribution in [3.05, 3.63) is 18.0 Å². The largest absolute Gasteiger partial charge is 0.477 e. The van der Waals surface area contributed by atoms with Crippen LogP contribution >= 0.6 is 0 Å². The molecule has 0 aliphatic carbocycles. The third-order valence-electron chi connectivity index (χ3n) is 6.56. The number of nitrogens with two attached hydrogens (primary N) is 1. The van der Waals surface area contributed by atoms with Gasteiger partial charge in [-0.3, -0.25) is 0 Å². The Morgan fingerprint density at radius 2 is 1.87 bits per heavy atom. The highest BCUT2D eigenvalue weighted by molar-refractivity contribution is 5.39. The molecule has 2 N–H and O–H groups in total. The molecule has 9 nitrogen and oxygen atoms in total. The van der Waals surface area contributed by atoms with Gasteiger partial charge in [0, 0.05) is 44.2 Å². The molecular formula is C22H35N7O2. The zero-order valence-corrected chi connectivity index (χ0v) is 18.9. The van der Waals surface area contributed by atoms with Gasteiger partial charge in [0.05, 0.1) is 6.61 Å². The molecule has 2 aliphatic heterocycles. The van der Waals surface area contributed by atoms with Gasteiger partial charge in [-0.1, -0.05) is 25.9 Å². The molecule has 4 rings (SSSR count). The van der Waals surface area contributed by atoms with Crippen LogP contribution in [0.4, 0.5) is 11.8 Å². The second-order valence-electron chi connectivity index (χ2n) is 9.25. The lowest BCUT2D eigenvalue weighted by molar-refractivity contribution is 0.215. The van der Waals surface area contributed by atoms with Crippen molar-refractivity contribution in [1.82, 2.24) is 20.3 Å². The van der Waals surface area contributed by atoms with Crippen molar-refractivity contribution < 1.29 is 9.26 Å². The molecule has 0 radical (unpaired) electrons. The van der Waals surface area contributed by atoms with E-state index in [2.05, 4.69) is 50.9 Å². The number of piperidine rings is 1. The normalized spacial score (nSPS) is 21.1. The van der Waals surface area contributed by atoms with Crippen LogP contribution in [0.15, 0.2) is 16.7 Å². The third-order valence-corrected chi connectivity index (χ3v) is 6.56. The zero-order valence-electron chi connectivity index (χ0n) is 18.9. The van der Waals surface area contributed by atoms with E-state index in [1.165, 1.54) is 0 Å². The number of nitrogens with zero attached hydrogens (tertiary/aromatic N) is 6. The number of anilines is 2. The van der Waals surface area contributed by atoms with Crippen molar-refractivity contribution >= 4 is 11.8 Å². The summed E-state index contributed by atoms with van der Waals surface area (Å²) >= 11 is 0. The van der Waals surface area contributed by atoms with Crippen LogP contribution in [-0.4, -0.2) is 59.2 Å². The Morgan fingerprint density at radius 1 is 1.10 bits per heavy atom. The summed E-state index contributed by atoms with van der Waals surface area (Å²) in [4.78, 5) is 8.91. The maximum atomic E-state index is 5.97. The molecule has 170 valence electrons. The summed E-state index contributed by atoms with van der Waals surface area (Å²) < 4.78 is 11.3. The predicted octanol–water partition coefficient (Wildman–Crippen LogP) is 2.84. The van der Waals surface area contributed by atoms with Crippen LogP contribution in [0.25, 0.3) is 0 Å². The summed E-state index contributed by atoms with van der Waals surface area (Å²) in [7, 11) is 0. The van der Waals surface area contributed by atoms with Crippen LogP contribution < -0.4 is 20.3 Å². The van der Waals surface area contributed by atoms with E-state index in [1.807, 2.05) is 12.1 Å². The highest BCUT2D eigenvalue weighted by Crippen LogP contribution is 2.29. The minimum atomic E-state index is 0.232. The van der Waals surface area contributed by atoms with Gasteiger partial charge in [0.2, 0.25) is 5.88 Å². The average Bonchev–Trinajstić information content (AvgIpc) is 3.44. The molecule has 2 atom stereocenters. The quantitative estimate of drug-likeness (QED) is 0.678. The highest BCUT2D eigenvalue weighted by Gasteiger charge is 2.27. The van der Waals surface area contributed by atoms with E-state index in [0.29, 0.717) is 30.3 Å². The van der Waals surface area contributed by atoms with E-state index in [9.17, 15) is 0 Å². The first-order valence-corrected chi connectivity index (χ1v) is 11.5. The Balaban J connectivity index is 1.18. The first kappa shape index (κ1) is 21.8. The van der Waals surface area contributed by atoms with E-state index < -0.39 is 0 Å². The van der Waals surface area contributed by atoms with Gasteiger partial charge in [0.15, 0.2) is 11.6 Å². The first-order chi connectivity index (χ1) is 15.0. The summed E-state index contributed by atoms with van der Waals surface area (Å²) in [5.41, 5.74) is 5.97. The number of aromatic nitrogens is 4. The van der Waals surface area contributed by atoms with Crippen LogP contribution in [-0.2, 0) is 0 Å². The lowest BCUT2D eigenvalue weighted by Gasteiger charge is -2.33. The molecule has 0 unspecified atom stereocenters. The molecule has 0 spiro atoms. The Hall–Kier alpha value is -2.42. The minimum absolute atomic E-state index is 0.232. The molecule has 31 heavy (non-hydrogen) atoms. The molecular weight excluding hydrogens is 394 g/mol. The Bertz CT molecular complexity index is 818. The molecule has 0 aromatic carbocycles. The predicted molar refractivity (Wildman–Crippen MR) is 119 cm³/mol. The average molecular weight is 430 g/mol. The zero-order chi connectivity index (χ0) is 21.8. The van der Waals surface area contributed by atoms with E-state index in [1.54, 1.807) is 0 Å². The second kappa shape index (κ2) is 9.80. The topological polar surface area (TPSA) is 106 Å². The SMILES string of the molecule is CC(C)c1noc(N2CCC([C@H](C)CCOc3ccc(N4CC[C@@H](N)C4)nn3)CC2)n1. The molecule has 4 heterocycles. The van der Waals surface area contributed by atoms with Crippen molar-refractivity contribution in [2.75, 3.05) is 42.6 Å². The van der Waals surface area contributed by atoms with Crippen LogP contribution in [0, 0.1) is 11.8 Å². The van der Waals surface area contributed by atoms with Crippen LogP contribution in [0.5, 0.6) is 5.88 Å². The monoisotopic (exact) mass is 429 g/mol. The lowest BCUT2D eigenvalue weighted by atomic mass is 9.84. The molecule has 2 aromatic rings. The van der Waals surface area contributed by atoms with Crippen LogP contribution in [0.2, 0.25) is 0 Å². The fourth-order valence-corrected chi connectivity index (χ4v) is 4.39. The third kappa shape index (κ3) is 5.44. The number of rotatable bonds is 8. The number of ether oxygens (including phenoxy) is 1. The van der Waals surface area contributed by atoms with Crippen molar-refractivity contribution in [3.63, 3.8) is 0 Å². The standard InChI is InChI=1S/C22H35N7O2/c1-15(2)21-24-22(31-27-21)28-10-6-17(7-11-28)16(3)9-13-30-20-5-4-19(25-26-20)29-12-8-18(23)14-29/h4-5,15-18H,6-14,23H2,1-3H3/t16-,18-/m1/s1. The van der Waals surface area contributed by atoms with Crippen molar-refractivity contribution in [2.24, 2.45) is 17.6 Å². The van der Waals surface area contributed by atoms with Gasteiger partial charge in [0.1, 0.15) is 0 Å². The smallest absolute Gasteiger partial charge is 0.324 e. The van der Waals surface area contributed by atoms with Crippen molar-refractivity contribution in [2.45, 2.75) is 58.4 Å². The van der Waals surface area contributed by atoms with Gasteiger partial charge in [0.25, 0.3) is 0 Å². The fourth-order valence-electron chi connectivity index (χ4n) is 4.39. The maximum absolute atomic E-state index is 5.97. The van der Waals surface area contributed by atoms with Crippen molar-refractivity contribution in [1.29, 1.82) is 0 Å². The van der Waals surface area contributed by atoms with Gasteiger partial charge >= 0.3 is 6.01 Å². The van der Waals surface area contributed by atoms with E-state index in [4.69, 9.17) is 15.0 Å². The summed E-state index contributed by atoms with van der Waals surface area (Å²) in [6.07, 6.45) is 4.28. The lowest BCUT2D eigenvalue weighted by Crippen LogP contribution is -2.36. The summed E-state index contributed by atoms with van der Waals surface area (Å²) in [5, 5.41) is 12.6. The Morgan fingerprint density at radius 3 is 2.48 bits per heavy atom. The molecule has 0 amide bonds. The van der Waals surface area contributed by atoms with Gasteiger partial charge in [-0.25, -0.2) is 0 Å². The molecule has 2 saturated heterocycles. The maximum Gasteiger partial charge on any atom is 0.324 e. The van der Waals surface area contributed by atoms with Gasteiger partial charge in [-0.05, 0) is 43.6 Å². The summed E-state index contributed by atoms with van der Waals surface area (Å²) in [5.74, 6) is 3.81. The fraction of sp³-hybridized carbons (Fsp3) is 0.727. The van der Waals surface area contributed by atoms with Crippen LogP contribution in [0.1, 0.15) is 58.2 Å². The number of hydrogen-bond acceptors (Lipinski definition) is 9. The molecule has 0 bridgehead atoms. The van der Waals surface area contributed by atoms with Gasteiger partial charge < -0.3 is 24.8 Å². The summed E-state index contributed by atoms with van der Waals surface area (Å²) in [6.45, 7) is 10.8. The Kier molecular flexibility index (Phi) is 6.89. The minimum Gasteiger partial charge on any atom is -0.477 e. The van der Waals surface area contributed by atoms with E-state index in [-0.39, 0.29) is 12.0 Å². The number of hydrogen-bond donors (Lipinski definition) is 1. The highest BCUT2D eigenvalue weighted by atomic mass is 16.5. The molecule has 9 heteroatoms. The molecule has 2 aromatic heterocycles.